The van der Waals surface area contributed by atoms with Gasteiger partial charge in [-0.3, -0.25) is 0 Å². The van der Waals surface area contributed by atoms with Gasteiger partial charge in [-0.25, -0.2) is 8.42 Å². The zero-order chi connectivity index (χ0) is 13.5. The summed E-state index contributed by atoms with van der Waals surface area (Å²) in [6, 6.07) is 7.04. The second kappa shape index (κ2) is 4.89. The van der Waals surface area contributed by atoms with E-state index in [-0.39, 0.29) is 6.10 Å². The fraction of sp³-hybridized carbons (Fsp3) is 0.571. The standard InChI is InChI=1S/C14H19NO3S/c1-19(16,17)12-6-4-11(5-7-12)14-9-15-8-13(18-14)10-2-3-10/h4-7,10,13-15H,2-3,8-9H2,1H3. The van der Waals surface area contributed by atoms with E-state index < -0.39 is 9.84 Å². The normalized spacial score (nSPS) is 28.3. The van der Waals surface area contributed by atoms with Crippen molar-refractivity contribution in [3.8, 4) is 0 Å². The maximum absolute atomic E-state index is 11.4. The van der Waals surface area contributed by atoms with Gasteiger partial charge in [0, 0.05) is 19.3 Å². The Kier molecular flexibility index (Phi) is 3.37. The molecule has 0 spiro atoms. The molecule has 104 valence electrons. The summed E-state index contributed by atoms with van der Waals surface area (Å²) in [4.78, 5) is 0.360. The van der Waals surface area contributed by atoms with Crippen molar-refractivity contribution in [3.63, 3.8) is 0 Å². The van der Waals surface area contributed by atoms with Gasteiger partial charge in [-0.1, -0.05) is 12.1 Å². The summed E-state index contributed by atoms with van der Waals surface area (Å²) in [6.45, 7) is 1.73. The number of morpholine rings is 1. The van der Waals surface area contributed by atoms with Crippen molar-refractivity contribution in [1.82, 2.24) is 5.32 Å². The van der Waals surface area contributed by atoms with E-state index in [1.165, 1.54) is 19.1 Å². The molecular formula is C14H19NO3S. The van der Waals surface area contributed by atoms with Gasteiger partial charge in [0.25, 0.3) is 0 Å². The number of benzene rings is 1. The van der Waals surface area contributed by atoms with E-state index in [4.69, 9.17) is 4.74 Å². The zero-order valence-corrected chi connectivity index (χ0v) is 11.8. The van der Waals surface area contributed by atoms with Crippen molar-refractivity contribution in [2.24, 2.45) is 5.92 Å². The Hall–Kier alpha value is -0.910. The highest BCUT2D eigenvalue weighted by atomic mass is 32.2. The topological polar surface area (TPSA) is 55.4 Å². The Balaban J connectivity index is 1.74. The lowest BCUT2D eigenvalue weighted by atomic mass is 10.1. The SMILES string of the molecule is CS(=O)(=O)c1ccc(C2CNCC(C3CC3)O2)cc1. The lowest BCUT2D eigenvalue weighted by molar-refractivity contribution is -0.0493. The summed E-state index contributed by atoms with van der Waals surface area (Å²) in [5, 5.41) is 3.41. The number of hydrogen-bond acceptors (Lipinski definition) is 4. The van der Waals surface area contributed by atoms with E-state index in [0.717, 1.165) is 18.7 Å². The molecule has 1 aliphatic carbocycles. The molecule has 0 aromatic heterocycles. The Morgan fingerprint density at radius 1 is 1.16 bits per heavy atom. The van der Waals surface area contributed by atoms with Gasteiger partial charge < -0.3 is 10.1 Å². The van der Waals surface area contributed by atoms with Gasteiger partial charge in [0.2, 0.25) is 0 Å². The minimum absolute atomic E-state index is 0.0351. The molecule has 0 amide bonds. The fourth-order valence-electron chi connectivity index (χ4n) is 2.54. The van der Waals surface area contributed by atoms with Gasteiger partial charge in [0.05, 0.1) is 17.1 Å². The quantitative estimate of drug-likeness (QED) is 0.913. The Labute approximate surface area is 114 Å². The molecule has 1 aliphatic heterocycles. The number of rotatable bonds is 3. The van der Waals surface area contributed by atoms with Gasteiger partial charge in [0.15, 0.2) is 9.84 Å². The van der Waals surface area contributed by atoms with Crippen LogP contribution in [0.15, 0.2) is 29.2 Å². The van der Waals surface area contributed by atoms with Crippen LogP contribution in [0.2, 0.25) is 0 Å². The van der Waals surface area contributed by atoms with Gasteiger partial charge >= 0.3 is 0 Å². The predicted octanol–water partition coefficient (Wildman–Crippen LogP) is 1.53. The molecule has 2 unspecified atom stereocenters. The zero-order valence-electron chi connectivity index (χ0n) is 11.0. The lowest BCUT2D eigenvalue weighted by Crippen LogP contribution is -2.41. The van der Waals surface area contributed by atoms with Gasteiger partial charge in [0.1, 0.15) is 0 Å². The summed E-state index contributed by atoms with van der Waals surface area (Å²) < 4.78 is 29.0. The molecule has 2 aliphatic rings. The summed E-state index contributed by atoms with van der Waals surface area (Å²) >= 11 is 0. The molecule has 1 heterocycles. The van der Waals surface area contributed by atoms with E-state index in [2.05, 4.69) is 5.32 Å². The molecule has 1 aromatic rings. The van der Waals surface area contributed by atoms with Crippen molar-refractivity contribution in [3.05, 3.63) is 29.8 Å². The minimum Gasteiger partial charge on any atom is -0.367 e. The van der Waals surface area contributed by atoms with E-state index in [1.807, 2.05) is 12.1 Å². The average Bonchev–Trinajstić information content (AvgIpc) is 3.22. The van der Waals surface area contributed by atoms with Gasteiger partial charge in [-0.2, -0.15) is 0 Å². The summed E-state index contributed by atoms with van der Waals surface area (Å²) in [6.07, 6.45) is 4.11. The molecule has 1 aromatic carbocycles. The monoisotopic (exact) mass is 281 g/mol. The molecular weight excluding hydrogens is 262 g/mol. The maximum Gasteiger partial charge on any atom is 0.175 e. The first-order valence-corrected chi connectivity index (χ1v) is 8.59. The number of hydrogen-bond donors (Lipinski definition) is 1. The first kappa shape index (κ1) is 13.1. The van der Waals surface area contributed by atoms with Crippen LogP contribution in [-0.2, 0) is 14.6 Å². The maximum atomic E-state index is 11.4. The third-order valence-electron chi connectivity index (χ3n) is 3.84. The van der Waals surface area contributed by atoms with Crippen molar-refractivity contribution in [1.29, 1.82) is 0 Å². The van der Waals surface area contributed by atoms with E-state index >= 15 is 0 Å². The molecule has 19 heavy (non-hydrogen) atoms. The van der Waals surface area contributed by atoms with Crippen LogP contribution in [0.4, 0.5) is 0 Å². The third-order valence-corrected chi connectivity index (χ3v) is 4.97. The van der Waals surface area contributed by atoms with Gasteiger partial charge in [-0.05, 0) is 36.5 Å². The molecule has 3 rings (SSSR count). The molecule has 1 saturated heterocycles. The third kappa shape index (κ3) is 2.99. The predicted molar refractivity (Wildman–Crippen MR) is 72.8 cm³/mol. The molecule has 2 atom stereocenters. The van der Waals surface area contributed by atoms with Crippen molar-refractivity contribution < 1.29 is 13.2 Å². The Bertz CT molecular complexity index is 549. The second-order valence-corrected chi connectivity index (χ2v) is 7.52. The lowest BCUT2D eigenvalue weighted by Gasteiger charge is -2.31. The molecule has 0 bridgehead atoms. The average molecular weight is 281 g/mol. The second-order valence-electron chi connectivity index (χ2n) is 5.50. The van der Waals surface area contributed by atoms with E-state index in [0.29, 0.717) is 16.9 Å². The van der Waals surface area contributed by atoms with Crippen LogP contribution in [0.3, 0.4) is 0 Å². The highest BCUT2D eigenvalue weighted by molar-refractivity contribution is 7.90. The van der Waals surface area contributed by atoms with Crippen molar-refractivity contribution >= 4 is 9.84 Å². The first-order valence-electron chi connectivity index (χ1n) is 6.70. The molecule has 1 saturated carbocycles. The van der Waals surface area contributed by atoms with Crippen LogP contribution in [0, 0.1) is 5.92 Å². The number of ether oxygens (including phenoxy) is 1. The summed E-state index contributed by atoms with van der Waals surface area (Å²) in [5.74, 6) is 0.714. The number of sulfone groups is 1. The summed E-state index contributed by atoms with van der Waals surface area (Å²) in [5.41, 5.74) is 1.05. The molecule has 5 heteroatoms. The van der Waals surface area contributed by atoms with Crippen LogP contribution in [0.1, 0.15) is 24.5 Å². The molecule has 2 fully saturated rings. The molecule has 4 nitrogen and oxygen atoms in total. The highest BCUT2D eigenvalue weighted by Crippen LogP contribution is 2.37. The Morgan fingerprint density at radius 3 is 2.42 bits per heavy atom. The van der Waals surface area contributed by atoms with E-state index in [1.54, 1.807) is 12.1 Å². The molecule has 1 N–H and O–H groups in total. The molecule has 0 radical (unpaired) electrons. The number of nitrogens with one attached hydrogen (secondary N) is 1. The van der Waals surface area contributed by atoms with Crippen LogP contribution < -0.4 is 5.32 Å². The highest BCUT2D eigenvalue weighted by Gasteiger charge is 2.35. The smallest absolute Gasteiger partial charge is 0.175 e. The van der Waals surface area contributed by atoms with E-state index in [9.17, 15) is 8.42 Å². The van der Waals surface area contributed by atoms with Crippen molar-refractivity contribution in [2.75, 3.05) is 19.3 Å². The first-order chi connectivity index (χ1) is 9.04. The van der Waals surface area contributed by atoms with Crippen LogP contribution in [0.25, 0.3) is 0 Å². The fourth-order valence-corrected chi connectivity index (χ4v) is 3.17. The van der Waals surface area contributed by atoms with Crippen LogP contribution in [-0.4, -0.2) is 33.9 Å². The largest absolute Gasteiger partial charge is 0.367 e. The van der Waals surface area contributed by atoms with Gasteiger partial charge in [-0.15, -0.1) is 0 Å². The Morgan fingerprint density at radius 2 is 1.84 bits per heavy atom. The van der Waals surface area contributed by atoms with Crippen molar-refractivity contribution in [2.45, 2.75) is 29.9 Å². The van der Waals surface area contributed by atoms with Crippen LogP contribution >= 0.6 is 0 Å². The van der Waals surface area contributed by atoms with Crippen LogP contribution in [0.5, 0.6) is 0 Å². The summed E-state index contributed by atoms with van der Waals surface area (Å²) in [7, 11) is -3.12. The minimum atomic E-state index is -3.12.